The van der Waals surface area contributed by atoms with Crippen molar-refractivity contribution in [3.63, 3.8) is 0 Å². The Morgan fingerprint density at radius 3 is 2.32 bits per heavy atom. The maximum Gasteiger partial charge on any atom is 0.227 e. The lowest BCUT2D eigenvalue weighted by molar-refractivity contribution is -0.121. The van der Waals surface area contributed by atoms with Crippen molar-refractivity contribution in [1.29, 1.82) is 0 Å². The first-order chi connectivity index (χ1) is 13.5. The Balaban J connectivity index is 1.40. The topological polar surface area (TPSA) is 81.7 Å². The number of halogens is 1. The zero-order chi connectivity index (χ0) is 19.9. The molecule has 0 atom stereocenters. The third-order valence-electron chi connectivity index (χ3n) is 4.92. The number of hydrogen-bond donors (Lipinski definition) is 3. The number of nitrogens with one attached hydrogen (secondary N) is 2. The van der Waals surface area contributed by atoms with Gasteiger partial charge in [-0.3, -0.25) is 9.59 Å². The fourth-order valence-corrected chi connectivity index (χ4v) is 3.65. The van der Waals surface area contributed by atoms with Crippen molar-refractivity contribution in [1.82, 2.24) is 4.90 Å². The molecule has 1 fully saturated rings. The molecule has 0 aliphatic carbocycles. The van der Waals surface area contributed by atoms with Crippen LogP contribution in [0.5, 0.6) is 5.75 Å². The molecule has 1 aliphatic heterocycles. The quantitative estimate of drug-likeness (QED) is 0.590. The summed E-state index contributed by atoms with van der Waals surface area (Å²) in [6.07, 6.45) is 1.90. The molecule has 7 heteroatoms. The fraction of sp³-hybridized carbons (Fsp3) is 0.333. The molecule has 6 nitrogen and oxygen atoms in total. The van der Waals surface area contributed by atoms with Gasteiger partial charge in [-0.1, -0.05) is 24.3 Å². The number of anilines is 2. The minimum absolute atomic E-state index is 0.0219. The Hall–Kier alpha value is -2.38. The van der Waals surface area contributed by atoms with E-state index in [-0.39, 0.29) is 23.5 Å². The monoisotopic (exact) mass is 445 g/mol. The number of amides is 2. The molecule has 0 aromatic heterocycles. The summed E-state index contributed by atoms with van der Waals surface area (Å²) in [7, 11) is 0. The van der Waals surface area contributed by atoms with E-state index in [1.807, 2.05) is 24.3 Å². The van der Waals surface area contributed by atoms with Gasteiger partial charge in [0.2, 0.25) is 11.8 Å². The maximum atomic E-state index is 12.4. The van der Waals surface area contributed by atoms with E-state index in [9.17, 15) is 14.7 Å². The van der Waals surface area contributed by atoms with Crippen molar-refractivity contribution in [2.45, 2.75) is 19.3 Å². The highest BCUT2D eigenvalue weighted by molar-refractivity contribution is 9.10. The molecule has 1 saturated heterocycles. The van der Waals surface area contributed by atoms with Crippen molar-refractivity contribution in [3.8, 4) is 5.75 Å². The molecule has 0 saturated carbocycles. The SMILES string of the molecule is O=C(CCN1CCC(C(=O)Nc2ccccc2O)CC1)Nc1ccccc1Br. The smallest absolute Gasteiger partial charge is 0.227 e. The minimum Gasteiger partial charge on any atom is -0.506 e. The molecular weight excluding hydrogens is 422 g/mol. The fourth-order valence-electron chi connectivity index (χ4n) is 3.27. The maximum absolute atomic E-state index is 12.4. The Labute approximate surface area is 173 Å². The molecule has 0 unspecified atom stereocenters. The molecule has 28 heavy (non-hydrogen) atoms. The van der Waals surface area contributed by atoms with E-state index in [0.717, 1.165) is 36.1 Å². The van der Waals surface area contributed by atoms with Crippen LogP contribution in [0.3, 0.4) is 0 Å². The second-order valence-corrected chi connectivity index (χ2v) is 7.75. The number of phenols is 1. The number of hydrogen-bond acceptors (Lipinski definition) is 4. The van der Waals surface area contributed by atoms with Crippen LogP contribution >= 0.6 is 15.9 Å². The Bertz CT molecular complexity index is 835. The average molecular weight is 446 g/mol. The standard InChI is InChI=1S/C21H24BrN3O3/c22-16-5-1-2-6-17(16)23-20(27)11-14-25-12-9-15(10-13-25)21(28)24-18-7-3-4-8-19(18)26/h1-8,15,26H,9-14H2,(H,23,27)(H,24,28). The van der Waals surface area contributed by atoms with Crippen LogP contribution < -0.4 is 10.6 Å². The van der Waals surface area contributed by atoms with Gasteiger partial charge < -0.3 is 20.6 Å². The third-order valence-corrected chi connectivity index (χ3v) is 5.61. The lowest BCUT2D eigenvalue weighted by Gasteiger charge is -2.31. The predicted molar refractivity (Wildman–Crippen MR) is 113 cm³/mol. The van der Waals surface area contributed by atoms with Crippen LogP contribution in [0.15, 0.2) is 53.0 Å². The van der Waals surface area contributed by atoms with Crippen LogP contribution in [0.25, 0.3) is 0 Å². The summed E-state index contributed by atoms with van der Waals surface area (Å²) in [6, 6.07) is 14.3. The summed E-state index contributed by atoms with van der Waals surface area (Å²) in [4.78, 5) is 26.8. The minimum atomic E-state index is -0.0787. The summed E-state index contributed by atoms with van der Waals surface area (Å²) in [5, 5.41) is 15.5. The van der Waals surface area contributed by atoms with Crippen LogP contribution in [0.1, 0.15) is 19.3 Å². The summed E-state index contributed by atoms with van der Waals surface area (Å²) in [5.74, 6) is -0.0894. The third kappa shape index (κ3) is 5.56. The van der Waals surface area contributed by atoms with Gasteiger partial charge >= 0.3 is 0 Å². The molecule has 0 bridgehead atoms. The summed E-state index contributed by atoms with van der Waals surface area (Å²) < 4.78 is 0.861. The van der Waals surface area contributed by atoms with E-state index in [2.05, 4.69) is 31.5 Å². The van der Waals surface area contributed by atoms with E-state index in [0.29, 0.717) is 18.7 Å². The lowest BCUT2D eigenvalue weighted by atomic mass is 9.95. The van der Waals surface area contributed by atoms with E-state index < -0.39 is 0 Å². The number of phenolic OH excluding ortho intramolecular Hbond substituents is 1. The highest BCUT2D eigenvalue weighted by Crippen LogP contribution is 2.25. The van der Waals surface area contributed by atoms with Gasteiger partial charge in [-0.15, -0.1) is 0 Å². The second kappa shape index (κ2) is 9.71. The number of aromatic hydroxyl groups is 1. The van der Waals surface area contributed by atoms with E-state index in [1.54, 1.807) is 24.3 Å². The predicted octanol–water partition coefficient (Wildman–Crippen LogP) is 3.83. The highest BCUT2D eigenvalue weighted by atomic mass is 79.9. The molecule has 148 valence electrons. The number of carbonyl (C=O) groups is 2. The van der Waals surface area contributed by atoms with Gasteiger partial charge in [0, 0.05) is 23.4 Å². The number of rotatable bonds is 6. The van der Waals surface area contributed by atoms with Crippen LogP contribution in [0, 0.1) is 5.92 Å². The molecule has 1 heterocycles. The first-order valence-electron chi connectivity index (χ1n) is 9.38. The number of likely N-dealkylation sites (tertiary alicyclic amines) is 1. The molecule has 2 aromatic rings. The van der Waals surface area contributed by atoms with Gasteiger partial charge in [0.15, 0.2) is 0 Å². The normalized spacial score (nSPS) is 15.2. The first kappa shape index (κ1) is 20.4. The largest absolute Gasteiger partial charge is 0.506 e. The van der Waals surface area contributed by atoms with Gasteiger partial charge in [0.25, 0.3) is 0 Å². The lowest BCUT2D eigenvalue weighted by Crippen LogP contribution is -2.39. The van der Waals surface area contributed by atoms with Crippen LogP contribution in [-0.2, 0) is 9.59 Å². The van der Waals surface area contributed by atoms with Crippen molar-refractivity contribution in [3.05, 3.63) is 53.0 Å². The second-order valence-electron chi connectivity index (χ2n) is 6.90. The molecule has 0 spiro atoms. The average Bonchev–Trinajstić information content (AvgIpc) is 2.70. The number of carbonyl (C=O) groups excluding carboxylic acids is 2. The molecular formula is C21H24BrN3O3. The van der Waals surface area contributed by atoms with Gasteiger partial charge in [-0.2, -0.15) is 0 Å². The van der Waals surface area contributed by atoms with E-state index in [4.69, 9.17) is 0 Å². The highest BCUT2D eigenvalue weighted by Gasteiger charge is 2.25. The number of nitrogens with zero attached hydrogens (tertiary/aromatic N) is 1. The van der Waals surface area contributed by atoms with E-state index >= 15 is 0 Å². The van der Waals surface area contributed by atoms with Crippen LogP contribution in [0.2, 0.25) is 0 Å². The summed E-state index contributed by atoms with van der Waals surface area (Å²) >= 11 is 3.42. The van der Waals surface area contributed by atoms with Crippen molar-refractivity contribution >= 4 is 39.1 Å². The number of piperidine rings is 1. The van der Waals surface area contributed by atoms with Gasteiger partial charge in [-0.05, 0) is 66.1 Å². The van der Waals surface area contributed by atoms with Gasteiger partial charge in [0.05, 0.1) is 11.4 Å². The Morgan fingerprint density at radius 1 is 1.00 bits per heavy atom. The molecule has 2 amide bonds. The summed E-state index contributed by atoms with van der Waals surface area (Å²) in [6.45, 7) is 2.23. The zero-order valence-corrected chi connectivity index (χ0v) is 17.1. The first-order valence-corrected chi connectivity index (χ1v) is 10.2. The van der Waals surface area contributed by atoms with Crippen molar-refractivity contribution < 1.29 is 14.7 Å². The Morgan fingerprint density at radius 2 is 1.64 bits per heavy atom. The number of para-hydroxylation sites is 3. The number of benzene rings is 2. The van der Waals surface area contributed by atoms with Crippen LogP contribution in [-0.4, -0.2) is 41.5 Å². The summed E-state index contributed by atoms with van der Waals surface area (Å²) in [5.41, 5.74) is 1.21. The zero-order valence-electron chi connectivity index (χ0n) is 15.5. The van der Waals surface area contributed by atoms with E-state index in [1.165, 1.54) is 0 Å². The molecule has 2 aromatic carbocycles. The van der Waals surface area contributed by atoms with Crippen molar-refractivity contribution in [2.24, 2.45) is 5.92 Å². The van der Waals surface area contributed by atoms with Gasteiger partial charge in [-0.25, -0.2) is 0 Å². The molecule has 3 N–H and O–H groups in total. The van der Waals surface area contributed by atoms with Crippen molar-refractivity contribution in [2.75, 3.05) is 30.3 Å². The van der Waals surface area contributed by atoms with Gasteiger partial charge in [0.1, 0.15) is 5.75 Å². The Kier molecular flexibility index (Phi) is 7.06. The molecule has 0 radical (unpaired) electrons. The molecule has 3 rings (SSSR count). The molecule has 1 aliphatic rings. The van der Waals surface area contributed by atoms with Crippen LogP contribution in [0.4, 0.5) is 11.4 Å².